The van der Waals surface area contributed by atoms with Crippen LogP contribution >= 0.6 is 0 Å². The molecule has 1 heterocycles. The van der Waals surface area contributed by atoms with Crippen molar-refractivity contribution in [3.8, 4) is 11.3 Å². The van der Waals surface area contributed by atoms with Gasteiger partial charge in [-0.15, -0.1) is 0 Å². The lowest BCUT2D eigenvalue weighted by Crippen LogP contribution is -1.79. The van der Waals surface area contributed by atoms with Crippen LogP contribution in [0.25, 0.3) is 11.3 Å². The van der Waals surface area contributed by atoms with Gasteiger partial charge in [0.2, 0.25) is 0 Å². The third kappa shape index (κ3) is 1.58. The zero-order chi connectivity index (χ0) is 10.1. The minimum absolute atomic E-state index is 1.21. The summed E-state index contributed by atoms with van der Waals surface area (Å²) in [4.78, 5) is 3.39. The topological polar surface area (TPSA) is 15.8 Å². The molecule has 1 N–H and O–H groups in total. The average Bonchev–Trinajstić information content (AvgIpc) is 2.47. The van der Waals surface area contributed by atoms with Gasteiger partial charge in [-0.05, 0) is 44.0 Å². The number of benzene rings is 1. The lowest BCUT2D eigenvalue weighted by molar-refractivity contribution is 1.23. The van der Waals surface area contributed by atoms with Crippen LogP contribution < -0.4 is 0 Å². The monoisotopic (exact) mass is 185 g/mol. The molecule has 0 aliphatic carbocycles. The van der Waals surface area contributed by atoms with E-state index in [1.807, 2.05) is 0 Å². The maximum Gasteiger partial charge on any atom is 0.0458 e. The maximum absolute atomic E-state index is 3.39. The molecule has 0 unspecified atom stereocenters. The van der Waals surface area contributed by atoms with Crippen LogP contribution in [0.1, 0.15) is 16.8 Å². The van der Waals surface area contributed by atoms with Gasteiger partial charge in [0, 0.05) is 11.4 Å². The lowest BCUT2D eigenvalue weighted by Gasteiger charge is -1.98. The van der Waals surface area contributed by atoms with Crippen molar-refractivity contribution in [1.82, 2.24) is 4.98 Å². The lowest BCUT2D eigenvalue weighted by atomic mass is 10.1. The van der Waals surface area contributed by atoms with E-state index in [-0.39, 0.29) is 0 Å². The number of hydrogen-bond acceptors (Lipinski definition) is 0. The summed E-state index contributed by atoms with van der Waals surface area (Å²) in [6.45, 7) is 6.35. The first-order valence-corrected chi connectivity index (χ1v) is 4.90. The van der Waals surface area contributed by atoms with Gasteiger partial charge in [0.05, 0.1) is 0 Å². The molecule has 0 atom stereocenters. The van der Waals surface area contributed by atoms with E-state index >= 15 is 0 Å². The predicted octanol–water partition coefficient (Wildman–Crippen LogP) is 3.61. The molecule has 0 bridgehead atoms. The molecule has 0 amide bonds. The molecule has 0 aliphatic rings. The Bertz CT molecular complexity index is 433. The maximum atomic E-state index is 3.39. The molecule has 2 aromatic rings. The predicted molar refractivity (Wildman–Crippen MR) is 60.4 cm³/mol. The molecule has 0 aliphatic heterocycles. The Morgan fingerprint density at radius 1 is 1.00 bits per heavy atom. The van der Waals surface area contributed by atoms with Crippen LogP contribution in [0.5, 0.6) is 0 Å². The first kappa shape index (κ1) is 9.07. The number of aromatic nitrogens is 1. The molecular formula is C13H15N. The van der Waals surface area contributed by atoms with Crippen LogP contribution in [0.2, 0.25) is 0 Å². The van der Waals surface area contributed by atoms with Crippen molar-refractivity contribution in [2.24, 2.45) is 0 Å². The number of nitrogens with one attached hydrogen (secondary N) is 1. The van der Waals surface area contributed by atoms with E-state index in [0.29, 0.717) is 0 Å². The summed E-state index contributed by atoms with van der Waals surface area (Å²) in [6, 6.07) is 10.7. The second-order valence-corrected chi connectivity index (χ2v) is 3.86. The van der Waals surface area contributed by atoms with E-state index in [2.05, 4.69) is 56.1 Å². The highest BCUT2D eigenvalue weighted by Crippen LogP contribution is 2.21. The minimum Gasteiger partial charge on any atom is -0.358 e. The summed E-state index contributed by atoms with van der Waals surface area (Å²) in [5.74, 6) is 0. The summed E-state index contributed by atoms with van der Waals surface area (Å²) in [6.07, 6.45) is 0. The van der Waals surface area contributed by atoms with Crippen LogP contribution in [-0.4, -0.2) is 4.98 Å². The van der Waals surface area contributed by atoms with Gasteiger partial charge in [0.15, 0.2) is 0 Å². The second-order valence-electron chi connectivity index (χ2n) is 3.86. The smallest absolute Gasteiger partial charge is 0.0458 e. The third-order valence-corrected chi connectivity index (χ3v) is 2.60. The normalized spacial score (nSPS) is 10.5. The third-order valence-electron chi connectivity index (χ3n) is 2.60. The van der Waals surface area contributed by atoms with Crippen LogP contribution in [0.15, 0.2) is 30.3 Å². The Morgan fingerprint density at radius 2 is 1.79 bits per heavy atom. The number of aryl methyl sites for hydroxylation is 3. The van der Waals surface area contributed by atoms with E-state index in [9.17, 15) is 0 Å². The Hall–Kier alpha value is -1.50. The van der Waals surface area contributed by atoms with Gasteiger partial charge in [0.1, 0.15) is 0 Å². The van der Waals surface area contributed by atoms with Gasteiger partial charge in [-0.2, -0.15) is 0 Å². The molecule has 1 nitrogen and oxygen atoms in total. The van der Waals surface area contributed by atoms with E-state index in [1.165, 1.54) is 28.1 Å². The Labute approximate surface area is 84.8 Å². The SMILES string of the molecule is Cc1cccc(-c2cc(C)c(C)[nH]2)c1. The summed E-state index contributed by atoms with van der Waals surface area (Å²) < 4.78 is 0. The van der Waals surface area contributed by atoms with Gasteiger partial charge < -0.3 is 4.98 Å². The van der Waals surface area contributed by atoms with Gasteiger partial charge in [-0.1, -0.05) is 23.8 Å². The van der Waals surface area contributed by atoms with Crippen molar-refractivity contribution < 1.29 is 0 Å². The Balaban J connectivity index is 2.49. The van der Waals surface area contributed by atoms with Crippen molar-refractivity contribution in [1.29, 1.82) is 0 Å². The fourth-order valence-corrected chi connectivity index (χ4v) is 1.63. The zero-order valence-corrected chi connectivity index (χ0v) is 8.89. The largest absolute Gasteiger partial charge is 0.358 e. The zero-order valence-electron chi connectivity index (χ0n) is 8.89. The molecule has 1 heteroatoms. The average molecular weight is 185 g/mol. The molecule has 1 aromatic carbocycles. The quantitative estimate of drug-likeness (QED) is 0.698. The van der Waals surface area contributed by atoms with Gasteiger partial charge in [-0.25, -0.2) is 0 Å². The fraction of sp³-hybridized carbons (Fsp3) is 0.231. The molecular weight excluding hydrogens is 170 g/mol. The van der Waals surface area contributed by atoms with Crippen molar-refractivity contribution >= 4 is 0 Å². The number of H-pyrrole nitrogens is 1. The summed E-state index contributed by atoms with van der Waals surface area (Å²) in [5.41, 5.74) is 6.35. The van der Waals surface area contributed by atoms with Crippen LogP contribution in [0, 0.1) is 20.8 Å². The van der Waals surface area contributed by atoms with Gasteiger partial charge in [0.25, 0.3) is 0 Å². The highest BCUT2D eigenvalue weighted by molar-refractivity contribution is 5.62. The van der Waals surface area contributed by atoms with E-state index < -0.39 is 0 Å². The molecule has 1 aromatic heterocycles. The first-order valence-electron chi connectivity index (χ1n) is 4.90. The highest BCUT2D eigenvalue weighted by Gasteiger charge is 2.02. The summed E-state index contributed by atoms with van der Waals surface area (Å²) in [7, 11) is 0. The van der Waals surface area contributed by atoms with Crippen molar-refractivity contribution in [3.63, 3.8) is 0 Å². The highest BCUT2D eigenvalue weighted by atomic mass is 14.7. The molecule has 0 saturated carbocycles. The van der Waals surface area contributed by atoms with E-state index in [0.717, 1.165) is 0 Å². The van der Waals surface area contributed by atoms with Crippen LogP contribution in [-0.2, 0) is 0 Å². The number of rotatable bonds is 1. The van der Waals surface area contributed by atoms with Crippen molar-refractivity contribution in [3.05, 3.63) is 47.2 Å². The molecule has 0 radical (unpaired) electrons. The van der Waals surface area contributed by atoms with Gasteiger partial charge in [-0.3, -0.25) is 0 Å². The second kappa shape index (κ2) is 3.33. The molecule has 0 saturated heterocycles. The Kier molecular flexibility index (Phi) is 2.16. The van der Waals surface area contributed by atoms with Crippen molar-refractivity contribution in [2.75, 3.05) is 0 Å². The minimum atomic E-state index is 1.21. The first-order chi connectivity index (χ1) is 6.66. The van der Waals surface area contributed by atoms with Crippen molar-refractivity contribution in [2.45, 2.75) is 20.8 Å². The number of aromatic amines is 1. The molecule has 0 fully saturated rings. The molecule has 72 valence electrons. The van der Waals surface area contributed by atoms with Gasteiger partial charge >= 0.3 is 0 Å². The molecule has 2 rings (SSSR count). The van der Waals surface area contributed by atoms with Crippen LogP contribution in [0.4, 0.5) is 0 Å². The number of hydrogen-bond donors (Lipinski definition) is 1. The van der Waals surface area contributed by atoms with E-state index in [1.54, 1.807) is 0 Å². The van der Waals surface area contributed by atoms with Crippen LogP contribution in [0.3, 0.4) is 0 Å². The summed E-state index contributed by atoms with van der Waals surface area (Å²) in [5, 5.41) is 0. The fourth-order valence-electron chi connectivity index (χ4n) is 1.63. The van der Waals surface area contributed by atoms with E-state index in [4.69, 9.17) is 0 Å². The molecule has 0 spiro atoms. The summed E-state index contributed by atoms with van der Waals surface area (Å²) >= 11 is 0. The Morgan fingerprint density at radius 3 is 2.36 bits per heavy atom. The molecule has 14 heavy (non-hydrogen) atoms. The standard InChI is InChI=1S/C13H15N/c1-9-5-4-6-12(7-9)13-8-10(2)11(3)14-13/h4-8,14H,1-3H3.